The Bertz CT molecular complexity index is 1520. The Labute approximate surface area is 234 Å². The van der Waals surface area contributed by atoms with Crippen molar-refractivity contribution in [2.75, 3.05) is 10.6 Å². The van der Waals surface area contributed by atoms with Gasteiger partial charge in [-0.15, -0.1) is 0 Å². The molecule has 0 saturated heterocycles. The highest BCUT2D eigenvalue weighted by Crippen LogP contribution is 2.20. The van der Waals surface area contributed by atoms with Crippen molar-refractivity contribution in [2.45, 2.75) is 13.5 Å². The molecule has 0 aliphatic carbocycles. The Hall–Kier alpha value is -4.76. The first-order valence-electron chi connectivity index (χ1n) is 12.0. The molecule has 4 aromatic rings. The minimum Gasteiger partial charge on any atom is -0.488 e. The number of nitrogens with one attached hydrogen (secondary N) is 3. The first kappa shape index (κ1) is 27.3. The molecule has 3 amide bonds. The number of anilines is 2. The van der Waals surface area contributed by atoms with E-state index in [1.807, 2.05) is 55.5 Å². The summed E-state index contributed by atoms with van der Waals surface area (Å²) < 4.78 is 6.87. The Morgan fingerprint density at radius 1 is 0.846 bits per heavy atom. The van der Waals surface area contributed by atoms with Crippen LogP contribution in [0.3, 0.4) is 0 Å². The smallest absolute Gasteiger partial charge is 0.329 e. The van der Waals surface area contributed by atoms with Crippen LogP contribution < -0.4 is 20.8 Å². The summed E-state index contributed by atoms with van der Waals surface area (Å²) >= 11 is 3.41. The summed E-state index contributed by atoms with van der Waals surface area (Å²) in [6.45, 7) is 2.27. The number of ether oxygens (including phenoxy) is 1. The molecule has 196 valence electrons. The van der Waals surface area contributed by atoms with Crippen LogP contribution in [0.4, 0.5) is 11.4 Å². The molecule has 0 aliphatic heterocycles. The monoisotopic (exact) mass is 584 g/mol. The molecule has 0 unspecified atom stereocenters. The van der Waals surface area contributed by atoms with E-state index in [0.717, 1.165) is 15.6 Å². The van der Waals surface area contributed by atoms with Gasteiger partial charge in [0.05, 0.1) is 17.5 Å². The van der Waals surface area contributed by atoms with E-state index >= 15 is 0 Å². The fraction of sp³-hybridized carbons (Fsp3) is 0.0667. The molecule has 39 heavy (non-hydrogen) atoms. The van der Waals surface area contributed by atoms with Gasteiger partial charge in [-0.3, -0.25) is 14.4 Å². The van der Waals surface area contributed by atoms with Gasteiger partial charge in [-0.1, -0.05) is 64.5 Å². The van der Waals surface area contributed by atoms with Crippen LogP contribution in [0.25, 0.3) is 0 Å². The number of amides is 3. The lowest BCUT2D eigenvalue weighted by Crippen LogP contribution is -2.33. The second-order valence-electron chi connectivity index (χ2n) is 8.48. The molecule has 0 bridgehead atoms. The quantitative estimate of drug-likeness (QED) is 0.141. The van der Waals surface area contributed by atoms with Crippen molar-refractivity contribution in [1.82, 2.24) is 5.43 Å². The molecule has 3 N–H and O–H groups in total. The summed E-state index contributed by atoms with van der Waals surface area (Å²) in [6, 6.07) is 28.7. The van der Waals surface area contributed by atoms with E-state index in [0.29, 0.717) is 23.6 Å². The van der Waals surface area contributed by atoms with Crippen molar-refractivity contribution in [1.29, 1.82) is 0 Å². The van der Waals surface area contributed by atoms with E-state index < -0.39 is 17.7 Å². The first-order valence-corrected chi connectivity index (χ1v) is 12.8. The predicted molar refractivity (Wildman–Crippen MR) is 155 cm³/mol. The number of nitrogens with zero attached hydrogens (tertiary/aromatic N) is 1. The van der Waals surface area contributed by atoms with Gasteiger partial charge in [0, 0.05) is 15.7 Å². The number of benzene rings is 4. The van der Waals surface area contributed by atoms with Crippen LogP contribution in [0.1, 0.15) is 27.0 Å². The number of aryl methyl sites for hydroxylation is 1. The fourth-order valence-corrected chi connectivity index (χ4v) is 3.83. The van der Waals surface area contributed by atoms with Crippen LogP contribution in [0.5, 0.6) is 5.75 Å². The van der Waals surface area contributed by atoms with Gasteiger partial charge in [0.25, 0.3) is 5.91 Å². The average molecular weight is 585 g/mol. The highest BCUT2D eigenvalue weighted by atomic mass is 79.9. The zero-order valence-electron chi connectivity index (χ0n) is 21.0. The molecule has 4 aromatic carbocycles. The molecule has 0 atom stereocenters. The highest BCUT2D eigenvalue weighted by Gasteiger charge is 2.18. The molecule has 9 heteroatoms. The number of hydrazone groups is 1. The lowest BCUT2D eigenvalue weighted by molar-refractivity contribution is -0.136. The van der Waals surface area contributed by atoms with E-state index in [4.69, 9.17) is 4.74 Å². The van der Waals surface area contributed by atoms with Crippen molar-refractivity contribution in [3.05, 3.63) is 124 Å². The summed E-state index contributed by atoms with van der Waals surface area (Å²) in [5, 5.41) is 9.17. The van der Waals surface area contributed by atoms with Crippen molar-refractivity contribution in [3.63, 3.8) is 0 Å². The van der Waals surface area contributed by atoms with Gasteiger partial charge >= 0.3 is 11.8 Å². The number of rotatable bonds is 8. The third kappa shape index (κ3) is 7.86. The van der Waals surface area contributed by atoms with E-state index in [9.17, 15) is 14.4 Å². The lowest BCUT2D eigenvalue weighted by Gasteiger charge is -2.11. The van der Waals surface area contributed by atoms with Gasteiger partial charge < -0.3 is 15.4 Å². The second-order valence-corrected chi connectivity index (χ2v) is 9.39. The third-order valence-electron chi connectivity index (χ3n) is 5.50. The molecule has 0 aromatic heterocycles. The Morgan fingerprint density at radius 3 is 2.38 bits per heavy atom. The number of halogens is 1. The maximum Gasteiger partial charge on any atom is 0.329 e. The number of carbonyl (C=O) groups is 3. The molecule has 0 aliphatic rings. The lowest BCUT2D eigenvalue weighted by atomic mass is 10.1. The third-order valence-corrected chi connectivity index (χ3v) is 6.03. The number of para-hydroxylation sites is 2. The molecule has 8 nitrogen and oxygen atoms in total. The summed E-state index contributed by atoms with van der Waals surface area (Å²) in [4.78, 5) is 37.7. The molecule has 4 rings (SSSR count). The van der Waals surface area contributed by atoms with Gasteiger partial charge in [-0.05, 0) is 66.6 Å². The van der Waals surface area contributed by atoms with Gasteiger partial charge in [0.15, 0.2) is 0 Å². The Balaban J connectivity index is 1.35. The molecule has 0 heterocycles. The topological polar surface area (TPSA) is 109 Å². The minimum absolute atomic E-state index is 0.193. The van der Waals surface area contributed by atoms with Crippen LogP contribution in [0.2, 0.25) is 0 Å². The molecule has 0 saturated carbocycles. The maximum atomic E-state index is 12.8. The normalized spacial score (nSPS) is 10.6. The van der Waals surface area contributed by atoms with E-state index in [1.165, 1.54) is 6.21 Å². The van der Waals surface area contributed by atoms with Crippen molar-refractivity contribution >= 4 is 51.2 Å². The molecular weight excluding hydrogens is 560 g/mol. The molecule has 0 spiro atoms. The standard InChI is InChI=1S/C30H25BrN4O4/c1-20-7-6-9-24(17-20)33-28(36)25-10-3-4-11-26(25)34-29(37)30(38)35-32-18-22-8-2-5-12-27(22)39-19-21-13-15-23(31)16-14-21/h2-18H,19H2,1H3,(H,33,36)(H,34,37)(H,35,38)/b32-18+. The number of carbonyl (C=O) groups excluding carboxylic acids is 3. The van der Waals surface area contributed by atoms with E-state index in [1.54, 1.807) is 48.5 Å². The zero-order valence-corrected chi connectivity index (χ0v) is 22.6. The van der Waals surface area contributed by atoms with E-state index in [2.05, 4.69) is 37.1 Å². The minimum atomic E-state index is -0.992. The number of hydrogen-bond acceptors (Lipinski definition) is 5. The van der Waals surface area contributed by atoms with Crippen LogP contribution in [-0.4, -0.2) is 23.9 Å². The largest absolute Gasteiger partial charge is 0.488 e. The Kier molecular flexibility index (Phi) is 9.20. The van der Waals surface area contributed by atoms with Gasteiger partial charge in [0.1, 0.15) is 12.4 Å². The molecular formula is C30H25BrN4O4. The van der Waals surface area contributed by atoms with Gasteiger partial charge in [-0.2, -0.15) is 5.10 Å². The predicted octanol–water partition coefficient (Wildman–Crippen LogP) is 5.68. The van der Waals surface area contributed by atoms with Crippen LogP contribution in [-0.2, 0) is 16.2 Å². The van der Waals surface area contributed by atoms with Gasteiger partial charge in [-0.25, -0.2) is 5.43 Å². The van der Waals surface area contributed by atoms with Crippen molar-refractivity contribution in [2.24, 2.45) is 5.10 Å². The molecule has 0 fully saturated rings. The van der Waals surface area contributed by atoms with Crippen LogP contribution >= 0.6 is 15.9 Å². The van der Waals surface area contributed by atoms with Crippen LogP contribution in [0, 0.1) is 6.92 Å². The van der Waals surface area contributed by atoms with Gasteiger partial charge in [0.2, 0.25) is 0 Å². The zero-order chi connectivity index (χ0) is 27.6. The van der Waals surface area contributed by atoms with Crippen LogP contribution in [0.15, 0.2) is 107 Å². The maximum absolute atomic E-state index is 12.8. The first-order chi connectivity index (χ1) is 18.9. The highest BCUT2D eigenvalue weighted by molar-refractivity contribution is 9.10. The van der Waals surface area contributed by atoms with E-state index in [-0.39, 0.29) is 11.3 Å². The summed E-state index contributed by atoms with van der Waals surface area (Å²) in [6.07, 6.45) is 1.39. The fourth-order valence-electron chi connectivity index (χ4n) is 3.56. The van der Waals surface area contributed by atoms with Crippen molar-refractivity contribution in [3.8, 4) is 5.75 Å². The summed E-state index contributed by atoms with van der Waals surface area (Å²) in [7, 11) is 0. The Morgan fingerprint density at radius 2 is 1.59 bits per heavy atom. The summed E-state index contributed by atoms with van der Waals surface area (Å²) in [5.41, 5.74) is 5.83. The molecule has 0 radical (unpaired) electrons. The second kappa shape index (κ2) is 13.2. The number of hydrogen-bond donors (Lipinski definition) is 3. The average Bonchev–Trinajstić information content (AvgIpc) is 2.93. The SMILES string of the molecule is Cc1cccc(NC(=O)c2ccccc2NC(=O)C(=O)N/N=C/c2ccccc2OCc2ccc(Br)cc2)c1. The summed E-state index contributed by atoms with van der Waals surface area (Å²) in [5.74, 6) is -1.82. The van der Waals surface area contributed by atoms with Crippen molar-refractivity contribution < 1.29 is 19.1 Å².